The minimum absolute atomic E-state index is 0.635. The first-order chi connectivity index (χ1) is 7.04. The molecule has 0 bridgehead atoms. The third-order valence-electron chi connectivity index (χ3n) is 2.79. The number of hydrogen-bond acceptors (Lipinski definition) is 2. The molecule has 1 nitrogen and oxygen atoms in total. The molecule has 0 amide bonds. The zero-order valence-corrected chi connectivity index (χ0v) is 10.9. The largest absolute Gasteiger partial charge is 0.326 e. The molecule has 0 spiro atoms. The van der Waals surface area contributed by atoms with Gasteiger partial charge in [0, 0.05) is 16.7 Å². The summed E-state index contributed by atoms with van der Waals surface area (Å²) in [6.45, 7) is 9.57. The molecule has 15 heavy (non-hydrogen) atoms. The second-order valence-electron chi connectivity index (χ2n) is 4.36. The van der Waals surface area contributed by atoms with E-state index >= 15 is 0 Å². The molecule has 0 saturated heterocycles. The van der Waals surface area contributed by atoms with Gasteiger partial charge in [-0.1, -0.05) is 26.8 Å². The molecule has 1 unspecified atom stereocenters. The summed E-state index contributed by atoms with van der Waals surface area (Å²) in [5, 5.41) is 0.660. The average Bonchev–Trinajstić information content (AvgIpc) is 2.18. The number of rotatable bonds is 4. The third kappa shape index (κ3) is 3.54. The highest BCUT2D eigenvalue weighted by atomic mass is 32.2. The molecular formula is C13H21NS. The van der Waals surface area contributed by atoms with Crippen LogP contribution in [-0.4, -0.2) is 5.25 Å². The van der Waals surface area contributed by atoms with Gasteiger partial charge in [0.05, 0.1) is 0 Å². The first kappa shape index (κ1) is 12.6. The van der Waals surface area contributed by atoms with Crippen LogP contribution in [0.1, 0.15) is 31.9 Å². The van der Waals surface area contributed by atoms with Crippen LogP contribution in [0.15, 0.2) is 23.1 Å². The molecule has 0 aromatic heterocycles. The topological polar surface area (TPSA) is 26.0 Å². The smallest absolute Gasteiger partial charge is 0.0180 e. The summed E-state index contributed by atoms with van der Waals surface area (Å²) in [6.07, 6.45) is 0. The van der Waals surface area contributed by atoms with Crippen molar-refractivity contribution in [3.05, 3.63) is 29.3 Å². The van der Waals surface area contributed by atoms with Crippen LogP contribution in [0.4, 0.5) is 0 Å². The molecule has 1 aromatic rings. The first-order valence-corrected chi connectivity index (χ1v) is 6.38. The SMILES string of the molecule is Cc1cc(SC(C)C(C)C)ccc1CN. The molecule has 0 heterocycles. The van der Waals surface area contributed by atoms with E-state index in [0.717, 1.165) is 0 Å². The lowest BCUT2D eigenvalue weighted by Gasteiger charge is -2.15. The van der Waals surface area contributed by atoms with Crippen LogP contribution in [0.3, 0.4) is 0 Å². The molecule has 2 heteroatoms. The Morgan fingerprint density at radius 1 is 1.27 bits per heavy atom. The Balaban J connectivity index is 2.75. The fourth-order valence-corrected chi connectivity index (χ4v) is 2.41. The summed E-state index contributed by atoms with van der Waals surface area (Å²) in [4.78, 5) is 1.35. The van der Waals surface area contributed by atoms with Gasteiger partial charge in [-0.15, -0.1) is 11.8 Å². The van der Waals surface area contributed by atoms with Crippen LogP contribution in [0.2, 0.25) is 0 Å². The predicted octanol–water partition coefficient (Wildman–Crippen LogP) is 3.59. The lowest BCUT2D eigenvalue weighted by molar-refractivity contribution is 0.642. The minimum Gasteiger partial charge on any atom is -0.326 e. The summed E-state index contributed by atoms with van der Waals surface area (Å²) in [7, 11) is 0. The van der Waals surface area contributed by atoms with Crippen molar-refractivity contribution < 1.29 is 0 Å². The normalized spacial score (nSPS) is 13.2. The van der Waals surface area contributed by atoms with E-state index in [2.05, 4.69) is 45.9 Å². The lowest BCUT2D eigenvalue weighted by Crippen LogP contribution is -2.05. The number of hydrogen-bond donors (Lipinski definition) is 1. The molecule has 0 aliphatic rings. The second-order valence-corrected chi connectivity index (χ2v) is 5.81. The molecule has 2 N–H and O–H groups in total. The molecule has 0 fully saturated rings. The molecule has 0 radical (unpaired) electrons. The van der Waals surface area contributed by atoms with Crippen molar-refractivity contribution in [2.45, 2.75) is 44.4 Å². The number of aryl methyl sites for hydroxylation is 1. The van der Waals surface area contributed by atoms with Crippen LogP contribution >= 0.6 is 11.8 Å². The summed E-state index contributed by atoms with van der Waals surface area (Å²) >= 11 is 1.94. The Bertz CT molecular complexity index is 320. The molecule has 1 rings (SSSR count). The highest BCUT2D eigenvalue weighted by molar-refractivity contribution is 8.00. The van der Waals surface area contributed by atoms with E-state index in [-0.39, 0.29) is 0 Å². The van der Waals surface area contributed by atoms with E-state index in [1.165, 1.54) is 16.0 Å². The Kier molecular flexibility index (Phi) is 4.68. The maximum absolute atomic E-state index is 5.64. The molecule has 0 aliphatic carbocycles. The molecule has 1 atom stereocenters. The Labute approximate surface area is 97.4 Å². The molecular weight excluding hydrogens is 202 g/mol. The highest BCUT2D eigenvalue weighted by Crippen LogP contribution is 2.28. The Morgan fingerprint density at radius 2 is 1.93 bits per heavy atom. The van der Waals surface area contributed by atoms with E-state index in [9.17, 15) is 0 Å². The maximum atomic E-state index is 5.64. The van der Waals surface area contributed by atoms with Gasteiger partial charge in [-0.2, -0.15) is 0 Å². The Morgan fingerprint density at radius 3 is 2.40 bits per heavy atom. The van der Waals surface area contributed by atoms with Crippen LogP contribution in [-0.2, 0) is 6.54 Å². The van der Waals surface area contributed by atoms with Crippen LogP contribution in [0.25, 0.3) is 0 Å². The standard InChI is InChI=1S/C13H21NS/c1-9(2)11(4)15-13-6-5-12(8-14)10(3)7-13/h5-7,9,11H,8,14H2,1-4H3. The molecule has 0 aliphatic heterocycles. The van der Waals surface area contributed by atoms with Gasteiger partial charge in [0.1, 0.15) is 0 Å². The summed E-state index contributed by atoms with van der Waals surface area (Å²) in [5.74, 6) is 0.712. The number of thioether (sulfide) groups is 1. The van der Waals surface area contributed by atoms with Gasteiger partial charge < -0.3 is 5.73 Å². The quantitative estimate of drug-likeness (QED) is 0.789. The van der Waals surface area contributed by atoms with Gasteiger partial charge >= 0.3 is 0 Å². The van der Waals surface area contributed by atoms with E-state index in [0.29, 0.717) is 17.7 Å². The van der Waals surface area contributed by atoms with Gasteiger partial charge in [-0.05, 0) is 36.1 Å². The van der Waals surface area contributed by atoms with Crippen LogP contribution in [0, 0.1) is 12.8 Å². The fraction of sp³-hybridized carbons (Fsp3) is 0.538. The third-order valence-corrected chi connectivity index (χ3v) is 4.24. The van der Waals surface area contributed by atoms with E-state index in [1.807, 2.05) is 11.8 Å². The van der Waals surface area contributed by atoms with Gasteiger partial charge in [0.25, 0.3) is 0 Å². The van der Waals surface area contributed by atoms with Gasteiger partial charge in [-0.3, -0.25) is 0 Å². The van der Waals surface area contributed by atoms with E-state index in [4.69, 9.17) is 5.73 Å². The highest BCUT2D eigenvalue weighted by Gasteiger charge is 2.09. The minimum atomic E-state index is 0.635. The fourth-order valence-electron chi connectivity index (χ4n) is 1.32. The first-order valence-electron chi connectivity index (χ1n) is 5.51. The van der Waals surface area contributed by atoms with Crippen molar-refractivity contribution >= 4 is 11.8 Å². The van der Waals surface area contributed by atoms with Gasteiger partial charge in [0.15, 0.2) is 0 Å². The van der Waals surface area contributed by atoms with Crippen molar-refractivity contribution in [1.29, 1.82) is 0 Å². The maximum Gasteiger partial charge on any atom is 0.0180 e. The van der Waals surface area contributed by atoms with Crippen molar-refractivity contribution in [2.75, 3.05) is 0 Å². The van der Waals surface area contributed by atoms with Crippen molar-refractivity contribution in [3.8, 4) is 0 Å². The second kappa shape index (κ2) is 5.57. The summed E-state index contributed by atoms with van der Waals surface area (Å²) in [6, 6.07) is 6.56. The average molecular weight is 223 g/mol. The number of nitrogens with two attached hydrogens (primary N) is 1. The molecule has 84 valence electrons. The monoisotopic (exact) mass is 223 g/mol. The van der Waals surface area contributed by atoms with Crippen molar-refractivity contribution in [2.24, 2.45) is 11.7 Å². The predicted molar refractivity (Wildman–Crippen MR) is 69.2 cm³/mol. The van der Waals surface area contributed by atoms with Crippen LogP contribution in [0.5, 0.6) is 0 Å². The van der Waals surface area contributed by atoms with E-state index < -0.39 is 0 Å². The molecule has 0 saturated carbocycles. The van der Waals surface area contributed by atoms with Gasteiger partial charge in [0.2, 0.25) is 0 Å². The number of benzene rings is 1. The zero-order chi connectivity index (χ0) is 11.4. The van der Waals surface area contributed by atoms with Crippen molar-refractivity contribution in [1.82, 2.24) is 0 Å². The van der Waals surface area contributed by atoms with Crippen LogP contribution < -0.4 is 5.73 Å². The van der Waals surface area contributed by atoms with Gasteiger partial charge in [-0.25, -0.2) is 0 Å². The lowest BCUT2D eigenvalue weighted by atomic mass is 10.1. The van der Waals surface area contributed by atoms with Crippen molar-refractivity contribution in [3.63, 3.8) is 0 Å². The summed E-state index contributed by atoms with van der Waals surface area (Å²) < 4.78 is 0. The van der Waals surface area contributed by atoms with E-state index in [1.54, 1.807) is 0 Å². The molecule has 1 aromatic carbocycles. The Hall–Kier alpha value is -0.470. The summed E-state index contributed by atoms with van der Waals surface area (Å²) in [5.41, 5.74) is 8.19. The zero-order valence-electron chi connectivity index (χ0n) is 10.1.